The Morgan fingerprint density at radius 2 is 1.77 bits per heavy atom. The molecule has 26 heavy (non-hydrogen) atoms. The van der Waals surface area contributed by atoms with Gasteiger partial charge in [-0.05, 0) is 46.0 Å². The highest BCUT2D eigenvalue weighted by atomic mass is 19.1. The number of rotatable bonds is 1. The van der Waals surface area contributed by atoms with E-state index < -0.39 is 5.60 Å². The number of carbonyl (C=O) groups excluding carboxylic acids is 1. The SMILES string of the molecule is CC(C)(C)N1CCN(c2cc(F)c3c(c2)C(=O)OC32CCNCC2)CC1. The normalized spacial score (nSPS) is 23.2. The lowest BCUT2D eigenvalue weighted by Gasteiger charge is -2.43. The molecule has 142 valence electrons. The van der Waals surface area contributed by atoms with E-state index in [0.717, 1.165) is 45.0 Å². The monoisotopic (exact) mass is 361 g/mol. The Morgan fingerprint density at radius 1 is 1.12 bits per heavy atom. The van der Waals surface area contributed by atoms with Crippen LogP contribution < -0.4 is 10.2 Å². The smallest absolute Gasteiger partial charge is 0.339 e. The van der Waals surface area contributed by atoms with E-state index in [9.17, 15) is 4.79 Å². The van der Waals surface area contributed by atoms with Crippen molar-refractivity contribution in [3.63, 3.8) is 0 Å². The molecular formula is C20H28FN3O2. The Hall–Kier alpha value is -1.66. The predicted molar refractivity (Wildman–Crippen MR) is 99.1 cm³/mol. The quantitative estimate of drug-likeness (QED) is 0.779. The molecule has 4 rings (SSSR count). The Labute approximate surface area is 154 Å². The summed E-state index contributed by atoms with van der Waals surface area (Å²) in [6, 6.07) is 3.43. The number of piperazine rings is 1. The third-order valence-corrected chi connectivity index (χ3v) is 6.04. The number of ether oxygens (including phenoxy) is 1. The molecule has 3 aliphatic rings. The lowest BCUT2D eigenvalue weighted by molar-refractivity contribution is -0.0255. The standard InChI is InChI=1S/C20H28FN3O2/c1-19(2,3)24-10-8-23(9-11-24)14-12-15-17(16(21)13-14)20(26-18(15)25)4-6-22-7-5-20/h12-13,22H,4-11H2,1-3H3. The fourth-order valence-corrected chi connectivity index (χ4v) is 4.50. The third kappa shape index (κ3) is 2.89. The minimum atomic E-state index is -0.773. The van der Waals surface area contributed by atoms with Gasteiger partial charge in [0.05, 0.1) is 5.56 Å². The minimum absolute atomic E-state index is 0.139. The van der Waals surface area contributed by atoms with Gasteiger partial charge in [0.2, 0.25) is 0 Å². The van der Waals surface area contributed by atoms with Crippen LogP contribution in [0.4, 0.5) is 10.1 Å². The first-order valence-electron chi connectivity index (χ1n) is 9.58. The van der Waals surface area contributed by atoms with Crippen LogP contribution in [0.2, 0.25) is 0 Å². The molecule has 5 nitrogen and oxygen atoms in total. The molecule has 3 aliphatic heterocycles. The van der Waals surface area contributed by atoms with Crippen LogP contribution in [-0.2, 0) is 10.3 Å². The van der Waals surface area contributed by atoms with Crippen LogP contribution in [0.5, 0.6) is 0 Å². The van der Waals surface area contributed by atoms with Gasteiger partial charge >= 0.3 is 5.97 Å². The summed E-state index contributed by atoms with van der Waals surface area (Å²) >= 11 is 0. The molecule has 2 saturated heterocycles. The summed E-state index contributed by atoms with van der Waals surface area (Å²) in [7, 11) is 0. The van der Waals surface area contributed by atoms with Crippen LogP contribution >= 0.6 is 0 Å². The van der Waals surface area contributed by atoms with Crippen LogP contribution in [0.25, 0.3) is 0 Å². The molecule has 1 aromatic rings. The van der Waals surface area contributed by atoms with Gasteiger partial charge in [-0.2, -0.15) is 0 Å². The zero-order valence-corrected chi connectivity index (χ0v) is 15.9. The number of esters is 1. The summed E-state index contributed by atoms with van der Waals surface area (Å²) in [6.07, 6.45) is 1.26. The van der Waals surface area contributed by atoms with E-state index in [2.05, 4.69) is 35.9 Å². The van der Waals surface area contributed by atoms with E-state index in [4.69, 9.17) is 4.74 Å². The van der Waals surface area contributed by atoms with Gasteiger partial charge in [0.1, 0.15) is 11.4 Å². The Kier molecular flexibility index (Phi) is 4.23. The van der Waals surface area contributed by atoms with Gasteiger partial charge in [-0.1, -0.05) is 0 Å². The zero-order valence-electron chi connectivity index (χ0n) is 15.9. The van der Waals surface area contributed by atoms with Crippen molar-refractivity contribution in [2.45, 2.75) is 44.8 Å². The van der Waals surface area contributed by atoms with Gasteiger partial charge in [0.25, 0.3) is 0 Å². The fraction of sp³-hybridized carbons (Fsp3) is 0.650. The number of hydrogen-bond acceptors (Lipinski definition) is 5. The number of hydrogen-bond donors (Lipinski definition) is 1. The van der Waals surface area contributed by atoms with E-state index in [-0.39, 0.29) is 17.3 Å². The number of benzene rings is 1. The molecule has 6 heteroatoms. The van der Waals surface area contributed by atoms with Crippen molar-refractivity contribution >= 4 is 11.7 Å². The van der Waals surface area contributed by atoms with Crippen molar-refractivity contribution in [3.05, 3.63) is 29.1 Å². The summed E-state index contributed by atoms with van der Waals surface area (Å²) in [5.41, 5.74) is 1.05. The van der Waals surface area contributed by atoms with E-state index in [1.807, 2.05) is 6.07 Å². The summed E-state index contributed by atoms with van der Waals surface area (Å²) in [5.74, 6) is -0.681. The number of anilines is 1. The first kappa shape index (κ1) is 17.7. The molecule has 1 aromatic carbocycles. The Balaban J connectivity index is 1.61. The maximum absolute atomic E-state index is 15.1. The maximum Gasteiger partial charge on any atom is 0.339 e. The molecule has 0 atom stereocenters. The maximum atomic E-state index is 15.1. The summed E-state index contributed by atoms with van der Waals surface area (Å²) < 4.78 is 20.8. The second kappa shape index (κ2) is 6.20. The molecule has 3 heterocycles. The first-order chi connectivity index (χ1) is 12.3. The minimum Gasteiger partial charge on any atom is -0.450 e. The van der Waals surface area contributed by atoms with Crippen molar-refractivity contribution < 1.29 is 13.9 Å². The third-order valence-electron chi connectivity index (χ3n) is 6.04. The van der Waals surface area contributed by atoms with Crippen LogP contribution in [0.15, 0.2) is 12.1 Å². The Morgan fingerprint density at radius 3 is 2.38 bits per heavy atom. The topological polar surface area (TPSA) is 44.8 Å². The number of halogens is 1. The zero-order chi connectivity index (χ0) is 18.5. The van der Waals surface area contributed by atoms with Gasteiger partial charge in [0, 0.05) is 55.8 Å². The van der Waals surface area contributed by atoms with E-state index in [1.165, 1.54) is 0 Å². The van der Waals surface area contributed by atoms with Crippen molar-refractivity contribution in [2.24, 2.45) is 0 Å². The largest absolute Gasteiger partial charge is 0.450 e. The van der Waals surface area contributed by atoms with Crippen molar-refractivity contribution in [3.8, 4) is 0 Å². The van der Waals surface area contributed by atoms with Gasteiger partial charge in [0.15, 0.2) is 0 Å². The summed E-state index contributed by atoms with van der Waals surface area (Å²) in [4.78, 5) is 17.1. The van der Waals surface area contributed by atoms with E-state index in [1.54, 1.807) is 6.07 Å². The van der Waals surface area contributed by atoms with Crippen LogP contribution in [0.1, 0.15) is 49.5 Å². The molecule has 0 saturated carbocycles. The molecule has 0 unspecified atom stereocenters. The number of fused-ring (bicyclic) bond motifs is 2. The molecule has 1 N–H and O–H groups in total. The second-order valence-corrected chi connectivity index (χ2v) is 8.63. The summed E-state index contributed by atoms with van der Waals surface area (Å²) in [5, 5.41) is 3.25. The predicted octanol–water partition coefficient (Wildman–Crippen LogP) is 2.50. The van der Waals surface area contributed by atoms with Gasteiger partial charge in [-0.3, -0.25) is 4.90 Å². The average molecular weight is 361 g/mol. The van der Waals surface area contributed by atoms with Crippen LogP contribution in [0.3, 0.4) is 0 Å². The molecule has 0 radical (unpaired) electrons. The van der Waals surface area contributed by atoms with E-state index in [0.29, 0.717) is 24.0 Å². The lowest BCUT2D eigenvalue weighted by atomic mass is 9.84. The van der Waals surface area contributed by atoms with Gasteiger partial charge in [-0.15, -0.1) is 0 Å². The fourth-order valence-electron chi connectivity index (χ4n) is 4.50. The van der Waals surface area contributed by atoms with Crippen LogP contribution in [0, 0.1) is 5.82 Å². The molecule has 0 amide bonds. The number of piperidine rings is 1. The highest BCUT2D eigenvalue weighted by Crippen LogP contribution is 2.45. The molecule has 2 fully saturated rings. The van der Waals surface area contributed by atoms with Crippen LogP contribution in [-0.4, -0.2) is 55.7 Å². The van der Waals surface area contributed by atoms with Crippen molar-refractivity contribution in [1.29, 1.82) is 0 Å². The van der Waals surface area contributed by atoms with Crippen molar-refractivity contribution in [2.75, 3.05) is 44.2 Å². The molecule has 1 spiro atoms. The average Bonchev–Trinajstić information content (AvgIpc) is 2.87. The second-order valence-electron chi connectivity index (χ2n) is 8.63. The van der Waals surface area contributed by atoms with E-state index >= 15 is 4.39 Å². The molecular weight excluding hydrogens is 333 g/mol. The van der Waals surface area contributed by atoms with Crippen molar-refractivity contribution in [1.82, 2.24) is 10.2 Å². The number of nitrogens with zero attached hydrogens (tertiary/aromatic N) is 2. The highest BCUT2D eigenvalue weighted by molar-refractivity contribution is 5.96. The highest BCUT2D eigenvalue weighted by Gasteiger charge is 2.48. The lowest BCUT2D eigenvalue weighted by Crippen LogP contribution is -2.53. The summed E-state index contributed by atoms with van der Waals surface area (Å²) in [6.45, 7) is 11.7. The molecule has 0 bridgehead atoms. The van der Waals surface area contributed by atoms with Gasteiger partial charge < -0.3 is 15.0 Å². The first-order valence-corrected chi connectivity index (χ1v) is 9.58. The number of nitrogens with one attached hydrogen (secondary N) is 1. The molecule has 0 aromatic heterocycles. The number of carbonyl (C=O) groups is 1. The Bertz CT molecular complexity index is 715. The molecule has 0 aliphatic carbocycles. The van der Waals surface area contributed by atoms with Gasteiger partial charge in [-0.25, -0.2) is 9.18 Å².